The average Bonchev–Trinajstić information content (AvgIpc) is 2.35. The maximum Gasteiger partial charge on any atom is 0.416 e. The molecule has 1 fully saturated rings. The molecule has 2 rings (SSSR count). The first kappa shape index (κ1) is 15.8. The van der Waals surface area contributed by atoms with Crippen molar-refractivity contribution in [3.05, 3.63) is 35.4 Å². The lowest BCUT2D eigenvalue weighted by molar-refractivity contribution is -0.137. The summed E-state index contributed by atoms with van der Waals surface area (Å²) < 4.78 is 60.4. The highest BCUT2D eigenvalue weighted by atomic mass is 32.2. The van der Waals surface area contributed by atoms with Gasteiger partial charge in [-0.3, -0.25) is 4.79 Å². The first-order valence-corrected chi connectivity index (χ1v) is 8.05. The maximum atomic E-state index is 12.4. The summed E-state index contributed by atoms with van der Waals surface area (Å²) in [6, 6.07) is 3.89. The summed E-state index contributed by atoms with van der Waals surface area (Å²) in [7, 11) is -3.18. The van der Waals surface area contributed by atoms with E-state index in [1.54, 1.807) is 0 Å². The molecule has 1 amide bonds. The summed E-state index contributed by atoms with van der Waals surface area (Å²) in [6.45, 7) is 1.72. The monoisotopic (exact) mass is 321 g/mol. The summed E-state index contributed by atoms with van der Waals surface area (Å²) in [5.41, 5.74) is -0.704. The SMILES string of the molecule is CCS(=O)(=O)C1CN(C(=O)c2ccc(C(F)(F)F)cc2)C1. The van der Waals surface area contributed by atoms with E-state index < -0.39 is 32.7 Å². The van der Waals surface area contributed by atoms with Crippen LogP contribution in [0.4, 0.5) is 13.2 Å². The van der Waals surface area contributed by atoms with E-state index in [0.717, 1.165) is 24.3 Å². The third-order valence-corrected chi connectivity index (χ3v) is 5.62. The molecule has 0 atom stereocenters. The quantitative estimate of drug-likeness (QED) is 0.855. The Morgan fingerprint density at radius 2 is 1.76 bits per heavy atom. The van der Waals surface area contributed by atoms with Crippen LogP contribution in [0.2, 0.25) is 0 Å². The van der Waals surface area contributed by atoms with Gasteiger partial charge in [-0.2, -0.15) is 13.2 Å². The summed E-state index contributed by atoms with van der Waals surface area (Å²) in [6.07, 6.45) is -4.45. The molecular formula is C13H14F3NO3S. The maximum absolute atomic E-state index is 12.4. The molecule has 1 heterocycles. The van der Waals surface area contributed by atoms with Gasteiger partial charge < -0.3 is 4.90 Å². The van der Waals surface area contributed by atoms with E-state index in [9.17, 15) is 26.4 Å². The van der Waals surface area contributed by atoms with Gasteiger partial charge in [0.1, 0.15) is 0 Å². The molecule has 1 aliphatic heterocycles. The largest absolute Gasteiger partial charge is 0.416 e. The number of hydrogen-bond donors (Lipinski definition) is 0. The second-order valence-electron chi connectivity index (χ2n) is 4.86. The molecule has 0 N–H and O–H groups in total. The molecule has 1 saturated heterocycles. The van der Waals surface area contributed by atoms with Crippen molar-refractivity contribution in [1.82, 2.24) is 4.90 Å². The van der Waals surface area contributed by atoms with E-state index in [1.165, 1.54) is 11.8 Å². The fourth-order valence-electron chi connectivity index (χ4n) is 2.05. The van der Waals surface area contributed by atoms with Crippen molar-refractivity contribution in [2.75, 3.05) is 18.8 Å². The van der Waals surface area contributed by atoms with Crippen molar-refractivity contribution in [2.45, 2.75) is 18.3 Å². The molecule has 0 aliphatic carbocycles. The predicted molar refractivity (Wildman–Crippen MR) is 70.6 cm³/mol. The Balaban J connectivity index is 2.03. The minimum absolute atomic E-state index is 0.0139. The third-order valence-electron chi connectivity index (χ3n) is 3.50. The molecule has 1 aromatic carbocycles. The zero-order valence-corrected chi connectivity index (χ0v) is 12.0. The molecule has 8 heteroatoms. The molecule has 0 spiro atoms. The lowest BCUT2D eigenvalue weighted by Gasteiger charge is -2.38. The highest BCUT2D eigenvalue weighted by Crippen LogP contribution is 2.29. The molecule has 1 aliphatic rings. The van der Waals surface area contributed by atoms with Gasteiger partial charge in [0, 0.05) is 24.4 Å². The number of benzene rings is 1. The third kappa shape index (κ3) is 3.20. The van der Waals surface area contributed by atoms with E-state index >= 15 is 0 Å². The van der Waals surface area contributed by atoms with Crippen LogP contribution >= 0.6 is 0 Å². The molecule has 0 aromatic heterocycles. The minimum Gasteiger partial charge on any atom is -0.336 e. The topological polar surface area (TPSA) is 54.5 Å². The van der Waals surface area contributed by atoms with Crippen LogP contribution < -0.4 is 0 Å². The second-order valence-corrected chi connectivity index (χ2v) is 7.43. The van der Waals surface area contributed by atoms with Gasteiger partial charge in [0.05, 0.1) is 10.8 Å². The number of halogens is 3. The van der Waals surface area contributed by atoms with Gasteiger partial charge in [0.15, 0.2) is 9.84 Å². The summed E-state index contributed by atoms with van der Waals surface area (Å²) in [5.74, 6) is -0.439. The van der Waals surface area contributed by atoms with Crippen LogP contribution in [-0.4, -0.2) is 43.3 Å². The van der Waals surface area contributed by atoms with Gasteiger partial charge in [-0.1, -0.05) is 6.92 Å². The van der Waals surface area contributed by atoms with Crippen LogP contribution in [0.5, 0.6) is 0 Å². The van der Waals surface area contributed by atoms with Gasteiger partial charge in [0.2, 0.25) is 0 Å². The lowest BCUT2D eigenvalue weighted by Crippen LogP contribution is -2.57. The minimum atomic E-state index is -4.45. The Labute approximate surface area is 120 Å². The number of sulfone groups is 1. The van der Waals surface area contributed by atoms with Crippen molar-refractivity contribution >= 4 is 15.7 Å². The average molecular weight is 321 g/mol. The van der Waals surface area contributed by atoms with Crippen LogP contribution in [-0.2, 0) is 16.0 Å². The Morgan fingerprint density at radius 3 is 2.19 bits per heavy atom. The molecule has 0 unspecified atom stereocenters. The van der Waals surface area contributed by atoms with Crippen LogP contribution in [0.3, 0.4) is 0 Å². The number of hydrogen-bond acceptors (Lipinski definition) is 3. The standard InChI is InChI=1S/C13H14F3NO3S/c1-2-21(19,20)11-7-17(8-11)12(18)9-3-5-10(6-4-9)13(14,15)16/h3-6,11H,2,7-8H2,1H3. The fourth-order valence-corrected chi connectivity index (χ4v) is 3.34. The molecule has 4 nitrogen and oxygen atoms in total. The van der Waals surface area contributed by atoms with Gasteiger partial charge in [0.25, 0.3) is 5.91 Å². The summed E-state index contributed by atoms with van der Waals surface area (Å²) in [5, 5.41) is -0.569. The lowest BCUT2D eigenvalue weighted by atomic mass is 10.1. The van der Waals surface area contributed by atoms with Gasteiger partial charge in [-0.05, 0) is 24.3 Å². The Bertz CT molecular complexity index is 632. The first-order valence-electron chi connectivity index (χ1n) is 6.33. The van der Waals surface area contributed by atoms with Gasteiger partial charge in [-0.15, -0.1) is 0 Å². The molecule has 0 saturated carbocycles. The van der Waals surface area contributed by atoms with Gasteiger partial charge in [-0.25, -0.2) is 8.42 Å². The van der Waals surface area contributed by atoms with Crippen molar-refractivity contribution in [1.29, 1.82) is 0 Å². The number of amides is 1. The fraction of sp³-hybridized carbons (Fsp3) is 0.462. The van der Waals surface area contributed by atoms with Crippen molar-refractivity contribution < 1.29 is 26.4 Å². The van der Waals surface area contributed by atoms with Crippen LogP contribution in [0.15, 0.2) is 24.3 Å². The molecule has 0 radical (unpaired) electrons. The summed E-state index contributed by atoms with van der Waals surface area (Å²) in [4.78, 5) is 13.3. The Morgan fingerprint density at radius 1 is 1.24 bits per heavy atom. The number of alkyl halides is 3. The van der Waals surface area contributed by atoms with Crippen molar-refractivity contribution in [3.63, 3.8) is 0 Å². The predicted octanol–water partition coefficient (Wildman–Crippen LogP) is 1.96. The Kier molecular flexibility index (Phi) is 4.01. The zero-order valence-electron chi connectivity index (χ0n) is 11.2. The van der Waals surface area contributed by atoms with E-state index in [4.69, 9.17) is 0 Å². The Hall–Kier alpha value is -1.57. The molecule has 116 valence electrons. The number of carbonyl (C=O) groups excluding carboxylic acids is 1. The highest BCUT2D eigenvalue weighted by molar-refractivity contribution is 7.92. The highest BCUT2D eigenvalue weighted by Gasteiger charge is 2.39. The normalized spacial score (nSPS) is 16.7. The van der Waals surface area contributed by atoms with Gasteiger partial charge >= 0.3 is 6.18 Å². The van der Waals surface area contributed by atoms with E-state index in [1.807, 2.05) is 0 Å². The van der Waals surface area contributed by atoms with Crippen LogP contribution in [0, 0.1) is 0 Å². The number of nitrogens with zero attached hydrogens (tertiary/aromatic N) is 1. The number of likely N-dealkylation sites (tertiary alicyclic amines) is 1. The molecule has 1 aromatic rings. The summed E-state index contributed by atoms with van der Waals surface area (Å²) >= 11 is 0. The number of rotatable bonds is 3. The van der Waals surface area contributed by atoms with Crippen LogP contribution in [0.25, 0.3) is 0 Å². The number of carbonyl (C=O) groups is 1. The zero-order chi connectivity index (χ0) is 15.8. The van der Waals surface area contributed by atoms with Crippen molar-refractivity contribution in [2.24, 2.45) is 0 Å². The van der Waals surface area contributed by atoms with E-state index in [-0.39, 0.29) is 24.4 Å². The first-order chi connectivity index (χ1) is 9.65. The molecule has 21 heavy (non-hydrogen) atoms. The molecular weight excluding hydrogens is 307 g/mol. The van der Waals surface area contributed by atoms with Crippen LogP contribution in [0.1, 0.15) is 22.8 Å². The smallest absolute Gasteiger partial charge is 0.336 e. The van der Waals surface area contributed by atoms with E-state index in [0.29, 0.717) is 0 Å². The van der Waals surface area contributed by atoms with E-state index in [2.05, 4.69) is 0 Å². The van der Waals surface area contributed by atoms with Crippen molar-refractivity contribution in [3.8, 4) is 0 Å². The second kappa shape index (κ2) is 5.32. The molecule has 0 bridgehead atoms.